The fraction of sp³-hybridized carbons (Fsp3) is 0.727. The van der Waals surface area contributed by atoms with Crippen molar-refractivity contribution in [3.63, 3.8) is 0 Å². The number of rotatable bonds is 5. The lowest BCUT2D eigenvalue weighted by Gasteiger charge is -2.32. The minimum atomic E-state index is -3.37. The first-order valence-corrected chi connectivity index (χ1v) is 9.04. The molecule has 9 heteroatoms. The summed E-state index contributed by atoms with van der Waals surface area (Å²) in [4.78, 5) is 2.39. The number of hydrazine groups is 1. The van der Waals surface area contributed by atoms with Crippen molar-refractivity contribution >= 4 is 32.2 Å². The van der Waals surface area contributed by atoms with Crippen LogP contribution in [0.25, 0.3) is 0 Å². The molecule has 2 rings (SSSR count). The van der Waals surface area contributed by atoms with E-state index >= 15 is 0 Å². The first kappa shape index (κ1) is 15.5. The highest BCUT2D eigenvalue weighted by molar-refractivity contribution is 7.91. The van der Waals surface area contributed by atoms with Gasteiger partial charge in [-0.1, -0.05) is 6.92 Å². The van der Waals surface area contributed by atoms with Crippen LogP contribution in [0.3, 0.4) is 0 Å². The number of hydrogen-bond acceptors (Lipinski definition) is 8. The molecule has 1 aromatic heterocycles. The summed E-state index contributed by atoms with van der Waals surface area (Å²) >= 11 is 1.10. The van der Waals surface area contributed by atoms with E-state index < -0.39 is 9.84 Å². The Hall–Kier alpha value is -0.900. The van der Waals surface area contributed by atoms with Crippen molar-refractivity contribution in [2.24, 2.45) is 0 Å². The Morgan fingerprint density at radius 3 is 2.60 bits per heavy atom. The summed E-state index contributed by atoms with van der Waals surface area (Å²) in [5.41, 5.74) is 8.90. The van der Waals surface area contributed by atoms with Gasteiger partial charge in [-0.15, -0.1) is 0 Å². The van der Waals surface area contributed by atoms with Crippen LogP contribution in [-0.2, 0) is 9.84 Å². The third-order valence-corrected chi connectivity index (χ3v) is 6.10. The summed E-state index contributed by atoms with van der Waals surface area (Å²) in [5, 5.41) is 2.54. The molecular weight excluding hydrogens is 298 g/mol. The highest BCUT2D eigenvalue weighted by Crippen LogP contribution is 2.33. The van der Waals surface area contributed by atoms with Crippen molar-refractivity contribution in [3.05, 3.63) is 0 Å². The molecule has 1 aliphatic rings. The number of aromatic nitrogens is 1. The average molecular weight is 319 g/mol. The van der Waals surface area contributed by atoms with E-state index in [4.69, 9.17) is 5.73 Å². The van der Waals surface area contributed by atoms with Crippen molar-refractivity contribution < 1.29 is 8.42 Å². The van der Waals surface area contributed by atoms with Crippen molar-refractivity contribution in [1.82, 2.24) is 14.3 Å². The Labute approximate surface area is 123 Å². The van der Waals surface area contributed by atoms with Gasteiger partial charge < -0.3 is 16.1 Å². The van der Waals surface area contributed by atoms with Gasteiger partial charge in [0.1, 0.15) is 9.90 Å². The van der Waals surface area contributed by atoms with Crippen LogP contribution in [0.2, 0.25) is 0 Å². The molecule has 1 saturated heterocycles. The summed E-state index contributed by atoms with van der Waals surface area (Å²) in [6.45, 7) is 5.39. The lowest BCUT2D eigenvalue weighted by Crippen LogP contribution is -2.46. The maximum Gasteiger partial charge on any atom is 0.185 e. The molecule has 7 nitrogen and oxygen atoms in total. The highest BCUT2D eigenvalue weighted by Gasteiger charge is 2.26. The molecule has 0 spiro atoms. The number of piperazine rings is 1. The van der Waals surface area contributed by atoms with Crippen LogP contribution in [0.1, 0.15) is 13.3 Å². The predicted octanol–water partition coefficient (Wildman–Crippen LogP) is 0.483. The van der Waals surface area contributed by atoms with Crippen LogP contribution in [0, 0.1) is 0 Å². The number of nitrogen functional groups attached to an aromatic ring is 1. The molecule has 1 aliphatic heterocycles. The molecule has 114 valence electrons. The second-order valence-electron chi connectivity index (χ2n) is 4.95. The van der Waals surface area contributed by atoms with Crippen molar-refractivity contribution in [2.75, 3.05) is 50.1 Å². The quantitative estimate of drug-likeness (QED) is 0.815. The van der Waals surface area contributed by atoms with E-state index in [1.165, 1.54) is 0 Å². The van der Waals surface area contributed by atoms with Crippen molar-refractivity contribution in [2.45, 2.75) is 18.2 Å². The van der Waals surface area contributed by atoms with Crippen LogP contribution >= 0.6 is 11.5 Å². The van der Waals surface area contributed by atoms with Gasteiger partial charge in [0.2, 0.25) is 0 Å². The predicted molar refractivity (Wildman–Crippen MR) is 81.6 cm³/mol. The largest absolute Gasteiger partial charge is 0.382 e. The van der Waals surface area contributed by atoms with Crippen LogP contribution in [0.5, 0.6) is 0 Å². The number of sulfone groups is 1. The highest BCUT2D eigenvalue weighted by atomic mass is 32.2. The Bertz CT molecular complexity index is 549. The van der Waals surface area contributed by atoms with Crippen LogP contribution in [0.15, 0.2) is 4.90 Å². The molecule has 3 N–H and O–H groups in total. The van der Waals surface area contributed by atoms with Crippen LogP contribution in [0.4, 0.5) is 10.8 Å². The van der Waals surface area contributed by atoms with Gasteiger partial charge in [-0.05, 0) is 25.0 Å². The van der Waals surface area contributed by atoms with Crippen molar-refractivity contribution in [3.8, 4) is 0 Å². The smallest absolute Gasteiger partial charge is 0.185 e. The maximum atomic E-state index is 12.2. The number of anilines is 2. The molecule has 20 heavy (non-hydrogen) atoms. The Kier molecular flexibility index (Phi) is 4.84. The van der Waals surface area contributed by atoms with E-state index in [9.17, 15) is 8.42 Å². The molecule has 0 bridgehead atoms. The fourth-order valence-corrected chi connectivity index (χ4v) is 4.72. The monoisotopic (exact) mass is 319 g/mol. The number of nitrogens with one attached hydrogen (secondary N) is 1. The number of nitrogens with two attached hydrogens (primary N) is 1. The molecule has 1 fully saturated rings. The third kappa shape index (κ3) is 3.40. The van der Waals surface area contributed by atoms with Crippen LogP contribution < -0.4 is 11.2 Å². The van der Waals surface area contributed by atoms with E-state index in [1.54, 1.807) is 0 Å². The summed E-state index contributed by atoms with van der Waals surface area (Å²) in [5.74, 6) is 0.188. The molecule has 1 aromatic rings. The van der Waals surface area contributed by atoms with Gasteiger partial charge in [-0.3, -0.25) is 0 Å². The summed E-state index contributed by atoms with van der Waals surface area (Å²) in [7, 11) is -1.30. The van der Waals surface area contributed by atoms with Gasteiger partial charge in [0.15, 0.2) is 15.7 Å². The van der Waals surface area contributed by atoms with E-state index in [2.05, 4.69) is 21.7 Å². The zero-order valence-electron chi connectivity index (χ0n) is 11.8. The zero-order chi connectivity index (χ0) is 14.8. The van der Waals surface area contributed by atoms with Gasteiger partial charge in [0.05, 0.1) is 5.75 Å². The van der Waals surface area contributed by atoms with E-state index in [-0.39, 0.29) is 16.5 Å². The molecule has 0 aromatic carbocycles. The third-order valence-electron chi connectivity index (χ3n) is 3.22. The van der Waals surface area contributed by atoms with E-state index in [1.807, 2.05) is 11.9 Å². The van der Waals surface area contributed by atoms with Gasteiger partial charge in [-0.25, -0.2) is 13.4 Å². The average Bonchev–Trinajstić information content (AvgIpc) is 2.74. The first-order valence-electron chi connectivity index (χ1n) is 6.62. The fourth-order valence-electron chi connectivity index (χ4n) is 2.10. The molecule has 2 heterocycles. The molecule has 0 saturated carbocycles. The van der Waals surface area contributed by atoms with Gasteiger partial charge in [-0.2, -0.15) is 4.37 Å². The standard InChI is InChI=1S/C11H21N5O2S2/c1-3-8-20(17,18)9-10(12)14-19-11(9)13-16-6-4-15(2)5-7-16/h13H,3-8H2,1-2H3,(H2,12,14). The van der Waals surface area contributed by atoms with Crippen molar-refractivity contribution in [1.29, 1.82) is 0 Å². The second kappa shape index (κ2) is 6.25. The van der Waals surface area contributed by atoms with E-state index in [0.717, 1.165) is 37.7 Å². The Morgan fingerprint density at radius 1 is 1.35 bits per heavy atom. The van der Waals surface area contributed by atoms with E-state index in [0.29, 0.717) is 11.4 Å². The normalized spacial score (nSPS) is 18.3. The molecule has 0 radical (unpaired) electrons. The first-order chi connectivity index (χ1) is 9.44. The van der Waals surface area contributed by atoms with Gasteiger partial charge in [0, 0.05) is 26.2 Å². The van der Waals surface area contributed by atoms with Gasteiger partial charge in [0.25, 0.3) is 0 Å². The van der Waals surface area contributed by atoms with Crippen LogP contribution in [-0.4, -0.2) is 61.7 Å². The minimum absolute atomic E-state index is 0.0903. The zero-order valence-corrected chi connectivity index (χ0v) is 13.4. The SMILES string of the molecule is CCCS(=O)(=O)c1c(N)nsc1NN1CCN(C)CC1. The molecule has 0 aliphatic carbocycles. The Balaban J connectivity index is 2.17. The number of nitrogens with zero attached hydrogens (tertiary/aromatic N) is 3. The minimum Gasteiger partial charge on any atom is -0.382 e. The Morgan fingerprint density at radius 2 is 2.00 bits per heavy atom. The lowest BCUT2D eigenvalue weighted by atomic mass is 10.4. The number of hydrogen-bond donors (Lipinski definition) is 2. The lowest BCUT2D eigenvalue weighted by molar-refractivity contribution is 0.179. The molecule has 0 amide bonds. The second-order valence-corrected chi connectivity index (χ2v) is 7.77. The summed E-state index contributed by atoms with van der Waals surface area (Å²) < 4.78 is 28.5. The molecule has 0 unspecified atom stereocenters. The topological polar surface area (TPSA) is 91.6 Å². The summed E-state index contributed by atoms with van der Waals surface area (Å²) in [6.07, 6.45) is 0.561. The van der Waals surface area contributed by atoms with Gasteiger partial charge >= 0.3 is 0 Å². The molecular formula is C11H21N5O2S2. The maximum absolute atomic E-state index is 12.2. The molecule has 0 atom stereocenters. The number of likely N-dealkylation sites (N-methyl/N-ethyl adjacent to an activating group) is 1. The summed E-state index contributed by atoms with van der Waals surface area (Å²) in [6, 6.07) is 0.